The Morgan fingerprint density at radius 3 is 2.52 bits per heavy atom. The van der Waals surface area contributed by atoms with Crippen molar-refractivity contribution >= 4 is 29.3 Å². The molecule has 0 spiro atoms. The predicted octanol–water partition coefficient (Wildman–Crippen LogP) is 4.91. The summed E-state index contributed by atoms with van der Waals surface area (Å²) in [5.41, 5.74) is 4.12. The van der Waals surface area contributed by atoms with Gasteiger partial charge in [0, 0.05) is 22.3 Å². The second-order valence-electron chi connectivity index (χ2n) is 8.10. The molecule has 3 rings (SSSR count). The van der Waals surface area contributed by atoms with E-state index in [2.05, 4.69) is 11.4 Å². The summed E-state index contributed by atoms with van der Waals surface area (Å²) in [5.74, 6) is -0.691. The smallest absolute Gasteiger partial charge is 0.341 e. The molecule has 1 N–H and O–H groups in total. The molecule has 1 aliphatic carbocycles. The van der Waals surface area contributed by atoms with Crippen LogP contribution in [0, 0.1) is 39.0 Å². The maximum atomic E-state index is 12.7. The van der Waals surface area contributed by atoms with Gasteiger partial charge in [0.25, 0.3) is 5.91 Å². The Morgan fingerprint density at radius 1 is 1.23 bits per heavy atom. The van der Waals surface area contributed by atoms with Gasteiger partial charge in [-0.15, -0.1) is 11.3 Å². The van der Waals surface area contributed by atoms with Gasteiger partial charge < -0.3 is 14.6 Å². The van der Waals surface area contributed by atoms with Crippen molar-refractivity contribution < 1.29 is 14.3 Å². The molecule has 1 aliphatic rings. The number of nitrogens with one attached hydrogen (secondary N) is 1. The van der Waals surface area contributed by atoms with Crippen molar-refractivity contribution in [3.05, 3.63) is 44.6 Å². The highest BCUT2D eigenvalue weighted by Crippen LogP contribution is 2.35. The molecular formula is C24H29N3O3S. The number of carbonyl (C=O) groups is 2. The first-order valence-corrected chi connectivity index (χ1v) is 11.4. The van der Waals surface area contributed by atoms with Gasteiger partial charge in [-0.25, -0.2) is 4.79 Å². The molecule has 2 aromatic heterocycles. The second-order valence-corrected chi connectivity index (χ2v) is 9.30. The summed E-state index contributed by atoms with van der Waals surface area (Å²) in [6.45, 7) is 7.77. The molecule has 0 aliphatic heterocycles. The second kappa shape index (κ2) is 9.52. The van der Waals surface area contributed by atoms with Crippen LogP contribution in [0.15, 0.2) is 11.6 Å². The summed E-state index contributed by atoms with van der Waals surface area (Å²) >= 11 is 1.53. The first-order chi connectivity index (χ1) is 14.8. The fourth-order valence-corrected chi connectivity index (χ4v) is 5.43. The number of carbonyl (C=O) groups excluding carboxylic acids is 2. The molecule has 2 aromatic rings. The molecule has 0 bridgehead atoms. The summed E-state index contributed by atoms with van der Waals surface area (Å²) in [5, 5.41) is 13.4. The van der Waals surface area contributed by atoms with Gasteiger partial charge in [0.2, 0.25) is 0 Å². The molecule has 1 amide bonds. The normalized spacial score (nSPS) is 14.9. The maximum absolute atomic E-state index is 12.7. The van der Waals surface area contributed by atoms with Crippen molar-refractivity contribution in [3.63, 3.8) is 0 Å². The minimum atomic E-state index is -0.369. The summed E-state index contributed by atoms with van der Waals surface area (Å²) < 4.78 is 7.01. The fourth-order valence-electron chi connectivity index (χ4n) is 4.17. The van der Waals surface area contributed by atoms with Crippen molar-refractivity contribution in [3.8, 4) is 11.1 Å². The number of aryl methyl sites for hydroxylation is 2. The number of ether oxygens (including phenoxy) is 1. The number of rotatable bonds is 5. The predicted molar refractivity (Wildman–Crippen MR) is 123 cm³/mol. The summed E-state index contributed by atoms with van der Waals surface area (Å²) in [6, 6.07) is 4.14. The topological polar surface area (TPSA) is 84.1 Å². The molecule has 6 nitrogen and oxygen atoms in total. The number of hydrogen-bond acceptors (Lipinski definition) is 5. The Morgan fingerprint density at radius 2 is 1.90 bits per heavy atom. The highest BCUT2D eigenvalue weighted by molar-refractivity contribution is 7.15. The van der Waals surface area contributed by atoms with Gasteiger partial charge >= 0.3 is 5.97 Å². The van der Waals surface area contributed by atoms with E-state index in [1.54, 1.807) is 6.08 Å². The van der Waals surface area contributed by atoms with E-state index in [4.69, 9.17) is 4.74 Å². The Bertz CT molecular complexity index is 1080. The molecule has 0 atom stereocenters. The zero-order valence-corrected chi connectivity index (χ0v) is 19.6. The SMILES string of the molecule is COC(=O)c1c(-n2c(C)cc(/C=C(\C#N)C(=O)NC3CCCCC3)c2C)sc(C)c1C. The number of thiophene rings is 1. The van der Waals surface area contributed by atoms with E-state index in [0.717, 1.165) is 58.1 Å². The summed E-state index contributed by atoms with van der Waals surface area (Å²) in [7, 11) is 1.38. The molecular weight excluding hydrogens is 410 g/mol. The molecule has 7 heteroatoms. The monoisotopic (exact) mass is 439 g/mol. The third kappa shape index (κ3) is 4.59. The Hall–Kier alpha value is -2.85. The minimum Gasteiger partial charge on any atom is -0.465 e. The van der Waals surface area contributed by atoms with Crippen LogP contribution in [0.1, 0.15) is 69.9 Å². The van der Waals surface area contributed by atoms with E-state index in [9.17, 15) is 14.9 Å². The van der Waals surface area contributed by atoms with E-state index < -0.39 is 0 Å². The molecule has 2 heterocycles. The van der Waals surface area contributed by atoms with Crippen molar-refractivity contribution in [2.24, 2.45) is 0 Å². The Kier molecular flexibility index (Phi) is 7.01. The number of esters is 1. The molecule has 0 aromatic carbocycles. The van der Waals surface area contributed by atoms with Gasteiger partial charge in [0.05, 0.1) is 12.7 Å². The lowest BCUT2D eigenvalue weighted by molar-refractivity contribution is -0.117. The van der Waals surface area contributed by atoms with Crippen LogP contribution in [0.25, 0.3) is 11.1 Å². The zero-order valence-electron chi connectivity index (χ0n) is 18.8. The average molecular weight is 440 g/mol. The lowest BCUT2D eigenvalue weighted by atomic mass is 9.95. The average Bonchev–Trinajstić information content (AvgIpc) is 3.20. The van der Waals surface area contributed by atoms with E-state index in [1.807, 2.05) is 38.3 Å². The van der Waals surface area contributed by atoms with Crippen LogP contribution in [-0.4, -0.2) is 29.6 Å². The van der Waals surface area contributed by atoms with E-state index in [-0.39, 0.29) is 23.5 Å². The van der Waals surface area contributed by atoms with Crippen LogP contribution in [0.5, 0.6) is 0 Å². The van der Waals surface area contributed by atoms with Crippen LogP contribution in [0.2, 0.25) is 0 Å². The largest absolute Gasteiger partial charge is 0.465 e. The van der Waals surface area contributed by atoms with Crippen LogP contribution in [0.4, 0.5) is 0 Å². The van der Waals surface area contributed by atoms with Gasteiger partial charge in [-0.05, 0) is 63.8 Å². The highest BCUT2D eigenvalue weighted by atomic mass is 32.1. The number of methoxy groups -OCH3 is 1. The van der Waals surface area contributed by atoms with Crippen molar-refractivity contribution in [1.29, 1.82) is 5.26 Å². The van der Waals surface area contributed by atoms with Crippen LogP contribution in [0.3, 0.4) is 0 Å². The number of nitriles is 1. The number of amides is 1. The third-order valence-corrected chi connectivity index (χ3v) is 7.23. The molecule has 1 saturated carbocycles. The lowest BCUT2D eigenvalue weighted by Gasteiger charge is -2.22. The Balaban J connectivity index is 1.98. The molecule has 31 heavy (non-hydrogen) atoms. The van der Waals surface area contributed by atoms with Crippen molar-refractivity contribution in [2.45, 2.75) is 65.8 Å². The van der Waals surface area contributed by atoms with E-state index in [1.165, 1.54) is 24.9 Å². The van der Waals surface area contributed by atoms with Crippen LogP contribution < -0.4 is 5.32 Å². The first-order valence-electron chi connectivity index (χ1n) is 10.6. The van der Waals surface area contributed by atoms with Crippen LogP contribution in [-0.2, 0) is 9.53 Å². The van der Waals surface area contributed by atoms with Gasteiger partial charge in [-0.2, -0.15) is 5.26 Å². The highest BCUT2D eigenvalue weighted by Gasteiger charge is 2.24. The van der Waals surface area contributed by atoms with E-state index in [0.29, 0.717) is 5.56 Å². The fraction of sp³-hybridized carbons (Fsp3) is 0.458. The molecule has 164 valence electrons. The van der Waals surface area contributed by atoms with Gasteiger partial charge in [0.15, 0.2) is 0 Å². The van der Waals surface area contributed by atoms with Gasteiger partial charge in [-0.1, -0.05) is 19.3 Å². The third-order valence-electron chi connectivity index (χ3n) is 6.03. The number of nitrogens with zero attached hydrogens (tertiary/aromatic N) is 2. The number of aromatic nitrogens is 1. The standard InChI is InChI=1S/C24H29N3O3S/c1-14-11-18(12-19(13-25)22(28)26-20-9-7-6-8-10-20)16(3)27(14)23-21(24(29)30-5)15(2)17(4)31-23/h11-12,20H,6-10H2,1-5H3,(H,26,28)/b19-12+. The minimum absolute atomic E-state index is 0.0950. The quantitative estimate of drug-likeness (QED) is 0.407. The maximum Gasteiger partial charge on any atom is 0.341 e. The zero-order chi connectivity index (χ0) is 22.7. The Labute approximate surface area is 187 Å². The molecule has 1 fully saturated rings. The first kappa shape index (κ1) is 22.8. The summed E-state index contributed by atoms with van der Waals surface area (Å²) in [6.07, 6.45) is 7.00. The summed E-state index contributed by atoms with van der Waals surface area (Å²) in [4.78, 5) is 26.2. The van der Waals surface area contributed by atoms with Crippen LogP contribution >= 0.6 is 11.3 Å². The molecule has 0 saturated heterocycles. The molecule has 0 unspecified atom stereocenters. The van der Waals surface area contributed by atoms with Crippen molar-refractivity contribution in [2.75, 3.05) is 7.11 Å². The van der Waals surface area contributed by atoms with Gasteiger partial charge in [-0.3, -0.25) is 4.79 Å². The number of hydrogen-bond donors (Lipinski definition) is 1. The van der Waals surface area contributed by atoms with E-state index >= 15 is 0 Å². The van der Waals surface area contributed by atoms with Gasteiger partial charge in [0.1, 0.15) is 16.6 Å². The lowest BCUT2D eigenvalue weighted by Crippen LogP contribution is -2.36. The molecule has 0 radical (unpaired) electrons. The van der Waals surface area contributed by atoms with Crippen molar-refractivity contribution in [1.82, 2.24) is 9.88 Å².